The lowest BCUT2D eigenvalue weighted by Crippen LogP contribution is -2.55. The number of ether oxygens (including phenoxy) is 4. The van der Waals surface area contributed by atoms with Crippen LogP contribution < -0.4 is 0 Å². The van der Waals surface area contributed by atoms with E-state index in [0.29, 0.717) is 51.9 Å². The molecule has 1 aliphatic heterocycles. The second-order valence-corrected chi connectivity index (χ2v) is 12.6. The maximum atomic E-state index is 13.2. The molecule has 1 aromatic carbocycles. The fourth-order valence-electron chi connectivity index (χ4n) is 8.05. The Morgan fingerprint density at radius 3 is 2.51 bits per heavy atom. The molecule has 9 heteroatoms. The normalized spacial score (nSPS) is 37.7. The first-order chi connectivity index (χ1) is 16.6. The lowest BCUT2D eigenvalue weighted by molar-refractivity contribution is -0.252. The first kappa shape index (κ1) is 25.6. The highest BCUT2D eigenvalue weighted by Gasteiger charge is 2.80. The van der Waals surface area contributed by atoms with Gasteiger partial charge in [0.1, 0.15) is 6.79 Å². The van der Waals surface area contributed by atoms with Crippen LogP contribution in [-0.2, 0) is 33.2 Å². The summed E-state index contributed by atoms with van der Waals surface area (Å²) in [5.41, 5.74) is -1.30. The predicted octanol–water partition coefficient (Wildman–Crippen LogP) is 3.40. The van der Waals surface area contributed by atoms with Crippen molar-refractivity contribution in [1.29, 1.82) is 0 Å². The van der Waals surface area contributed by atoms with Crippen molar-refractivity contribution >= 4 is 10.1 Å². The maximum absolute atomic E-state index is 13.2. The predicted molar refractivity (Wildman–Crippen MR) is 127 cm³/mol. The largest absolute Gasteiger partial charge is 0.389 e. The van der Waals surface area contributed by atoms with Gasteiger partial charge >= 0.3 is 0 Å². The van der Waals surface area contributed by atoms with E-state index in [1.165, 1.54) is 0 Å². The second-order valence-electron chi connectivity index (χ2n) is 11.0. The number of hydrogen-bond acceptors (Lipinski definition) is 8. The van der Waals surface area contributed by atoms with Crippen LogP contribution in [0.1, 0.15) is 51.0 Å². The van der Waals surface area contributed by atoms with Crippen LogP contribution >= 0.6 is 0 Å². The van der Waals surface area contributed by atoms with Crippen molar-refractivity contribution in [1.82, 2.24) is 0 Å². The molecule has 1 spiro atoms. The molecule has 0 radical (unpaired) electrons. The first-order valence-corrected chi connectivity index (χ1v) is 14.1. The molecular weight excluding hydrogens is 472 g/mol. The molecule has 1 N–H and O–H groups in total. The minimum atomic E-state index is -3.99. The van der Waals surface area contributed by atoms with Gasteiger partial charge in [-0.05, 0) is 62.5 Å². The van der Waals surface area contributed by atoms with Crippen LogP contribution in [0.3, 0.4) is 0 Å². The van der Waals surface area contributed by atoms with E-state index in [4.69, 9.17) is 23.1 Å². The number of benzene rings is 1. The van der Waals surface area contributed by atoms with Gasteiger partial charge < -0.3 is 24.1 Å². The standard InChI is InChI=1S/C26H38O8S/c1-19-5-7-21(8-6-19)35(28,29)34-17-24-9-4-10-25(24,27)22-16-23(24,11-12-31-18-30-3)20(2)15-26(22)32-13-14-33-26/h5-8,20,22,27H,4,9-18H2,1-3H3/t20-,22+,23+,24+,25-/m0/s1. The quantitative estimate of drug-likeness (QED) is 0.307. The van der Waals surface area contributed by atoms with Crippen LogP contribution in [0.2, 0.25) is 0 Å². The smallest absolute Gasteiger partial charge is 0.296 e. The number of aliphatic hydroxyl groups is 1. The average molecular weight is 511 g/mol. The van der Waals surface area contributed by atoms with Gasteiger partial charge in [-0.1, -0.05) is 24.6 Å². The van der Waals surface area contributed by atoms with Crippen molar-refractivity contribution in [2.45, 2.75) is 68.7 Å². The molecule has 8 nitrogen and oxygen atoms in total. The van der Waals surface area contributed by atoms with E-state index in [2.05, 4.69) is 6.92 Å². The Kier molecular flexibility index (Phi) is 6.61. The zero-order valence-corrected chi connectivity index (χ0v) is 21.8. The summed E-state index contributed by atoms with van der Waals surface area (Å²) >= 11 is 0. The summed E-state index contributed by atoms with van der Waals surface area (Å²) in [5, 5.41) is 12.5. The third kappa shape index (κ3) is 3.73. The van der Waals surface area contributed by atoms with Gasteiger partial charge in [-0.2, -0.15) is 8.42 Å². The summed E-state index contributed by atoms with van der Waals surface area (Å²) in [6, 6.07) is 6.67. The third-order valence-corrected chi connectivity index (χ3v) is 10.9. The van der Waals surface area contributed by atoms with Gasteiger partial charge in [0.15, 0.2) is 5.79 Å². The third-order valence-electron chi connectivity index (χ3n) is 9.59. The van der Waals surface area contributed by atoms with Gasteiger partial charge in [0.25, 0.3) is 10.1 Å². The molecule has 0 unspecified atom stereocenters. The van der Waals surface area contributed by atoms with Gasteiger partial charge in [0.05, 0.1) is 30.3 Å². The Morgan fingerprint density at radius 2 is 1.83 bits per heavy atom. The SMILES string of the molecule is COCOCC[C@@]12C[C@@H](C3(C[C@@H]1C)OCCO3)[C@@]1(O)CCC[C@@]21COS(=O)(=O)c1ccc(C)cc1. The van der Waals surface area contributed by atoms with E-state index in [1.807, 2.05) is 6.92 Å². The fourth-order valence-corrected chi connectivity index (χ4v) is 9.02. The number of hydrogen-bond donors (Lipinski definition) is 1. The van der Waals surface area contributed by atoms with E-state index in [9.17, 15) is 13.5 Å². The number of methoxy groups -OCH3 is 1. The van der Waals surface area contributed by atoms with Crippen molar-refractivity contribution in [3.63, 3.8) is 0 Å². The highest BCUT2D eigenvalue weighted by atomic mass is 32.2. The molecule has 1 heterocycles. The summed E-state index contributed by atoms with van der Waals surface area (Å²) in [4.78, 5) is 0.131. The summed E-state index contributed by atoms with van der Waals surface area (Å²) in [6.07, 6.45) is 4.10. The minimum Gasteiger partial charge on any atom is -0.389 e. The Morgan fingerprint density at radius 1 is 1.11 bits per heavy atom. The molecule has 1 aromatic rings. The van der Waals surface area contributed by atoms with Gasteiger partial charge in [-0.3, -0.25) is 4.18 Å². The summed E-state index contributed by atoms with van der Waals surface area (Å²) in [5.74, 6) is -0.961. The zero-order chi connectivity index (χ0) is 25.0. The highest BCUT2D eigenvalue weighted by Crippen LogP contribution is 2.77. The van der Waals surface area contributed by atoms with E-state index in [-0.39, 0.29) is 35.5 Å². The van der Waals surface area contributed by atoms with Crippen LogP contribution in [-0.4, -0.2) is 65.2 Å². The van der Waals surface area contributed by atoms with Crippen molar-refractivity contribution in [3.05, 3.63) is 29.8 Å². The topological polar surface area (TPSA) is 101 Å². The Labute approximate surface area is 208 Å². The van der Waals surface area contributed by atoms with E-state index in [1.54, 1.807) is 31.4 Å². The first-order valence-electron chi connectivity index (χ1n) is 12.7. The minimum absolute atomic E-state index is 0.0685. The second kappa shape index (κ2) is 9.04. The monoisotopic (exact) mass is 510 g/mol. The molecule has 2 bridgehead atoms. The molecule has 196 valence electrons. The molecule has 5 rings (SSSR count). The van der Waals surface area contributed by atoms with Crippen molar-refractivity contribution < 1.29 is 36.7 Å². The van der Waals surface area contributed by atoms with Crippen LogP contribution in [0, 0.1) is 29.6 Å². The lowest BCUT2D eigenvalue weighted by atomic mass is 9.54. The number of rotatable bonds is 9. The van der Waals surface area contributed by atoms with Crippen molar-refractivity contribution in [2.75, 3.05) is 40.3 Å². The maximum Gasteiger partial charge on any atom is 0.296 e. The Bertz CT molecular complexity index is 1020. The van der Waals surface area contributed by atoms with Crippen LogP contribution in [0.15, 0.2) is 29.2 Å². The lowest BCUT2D eigenvalue weighted by Gasteiger charge is -2.52. The molecule has 3 aliphatic carbocycles. The van der Waals surface area contributed by atoms with Gasteiger partial charge in [-0.25, -0.2) is 0 Å². The van der Waals surface area contributed by atoms with Gasteiger partial charge in [0.2, 0.25) is 0 Å². The number of fused-ring (bicyclic) bond motifs is 6. The average Bonchev–Trinajstić information content (AvgIpc) is 3.47. The summed E-state index contributed by atoms with van der Waals surface area (Å²) < 4.78 is 55.5. The Hall–Kier alpha value is -1.07. The van der Waals surface area contributed by atoms with E-state index >= 15 is 0 Å². The molecule has 0 aromatic heterocycles. The Balaban J connectivity index is 1.52. The molecule has 4 fully saturated rings. The van der Waals surface area contributed by atoms with E-state index < -0.39 is 26.9 Å². The van der Waals surface area contributed by atoms with Gasteiger partial charge in [0, 0.05) is 31.5 Å². The van der Waals surface area contributed by atoms with Crippen molar-refractivity contribution in [2.24, 2.45) is 22.7 Å². The van der Waals surface area contributed by atoms with Gasteiger partial charge in [-0.15, -0.1) is 0 Å². The molecule has 3 saturated carbocycles. The number of aryl methyl sites for hydroxylation is 1. The summed E-state index contributed by atoms with van der Waals surface area (Å²) in [6.45, 7) is 5.69. The zero-order valence-electron chi connectivity index (χ0n) is 21.0. The van der Waals surface area contributed by atoms with E-state index in [0.717, 1.165) is 12.0 Å². The van der Waals surface area contributed by atoms with Crippen LogP contribution in [0.4, 0.5) is 0 Å². The highest BCUT2D eigenvalue weighted by molar-refractivity contribution is 7.86. The van der Waals surface area contributed by atoms with Crippen molar-refractivity contribution in [3.8, 4) is 0 Å². The molecule has 35 heavy (non-hydrogen) atoms. The summed E-state index contributed by atoms with van der Waals surface area (Å²) in [7, 11) is -2.40. The van der Waals surface area contributed by atoms with Crippen LogP contribution in [0.25, 0.3) is 0 Å². The molecule has 4 aliphatic rings. The molecule has 0 amide bonds. The molecule has 1 saturated heterocycles. The molecule has 5 atom stereocenters. The van der Waals surface area contributed by atoms with Crippen LogP contribution in [0.5, 0.6) is 0 Å². The molecular formula is C26H38O8S. The fraction of sp³-hybridized carbons (Fsp3) is 0.769.